The van der Waals surface area contributed by atoms with Gasteiger partial charge in [-0.25, -0.2) is 0 Å². The zero-order valence-corrected chi connectivity index (χ0v) is 10.8. The molecule has 1 aliphatic rings. The molecule has 0 saturated carbocycles. The van der Waals surface area contributed by atoms with Crippen molar-refractivity contribution in [2.24, 2.45) is 11.7 Å². The molecule has 16 heavy (non-hydrogen) atoms. The molecule has 1 rings (SSSR count). The average molecular weight is 227 g/mol. The molecule has 0 aliphatic carbocycles. The van der Waals surface area contributed by atoms with E-state index in [1.807, 2.05) is 11.8 Å². The summed E-state index contributed by atoms with van der Waals surface area (Å²) >= 11 is 0. The zero-order valence-electron chi connectivity index (χ0n) is 10.8. The minimum Gasteiger partial charge on any atom is -0.338 e. The van der Waals surface area contributed by atoms with Crippen LogP contribution in [0, 0.1) is 5.92 Å². The molecule has 0 bridgehead atoms. The third kappa shape index (κ3) is 3.19. The molecular formula is C12H25N3O. The molecule has 2 atom stereocenters. The van der Waals surface area contributed by atoms with Crippen molar-refractivity contribution in [3.63, 3.8) is 0 Å². The molecule has 0 spiro atoms. The Kier molecular flexibility index (Phi) is 5.22. The Labute approximate surface area is 98.8 Å². The van der Waals surface area contributed by atoms with E-state index >= 15 is 0 Å². The Morgan fingerprint density at radius 1 is 1.50 bits per heavy atom. The highest BCUT2D eigenvalue weighted by Crippen LogP contribution is 2.14. The second-order valence-electron chi connectivity index (χ2n) is 4.85. The molecule has 2 N–H and O–H groups in total. The van der Waals surface area contributed by atoms with Crippen molar-refractivity contribution in [2.75, 3.05) is 33.2 Å². The van der Waals surface area contributed by atoms with E-state index in [0.29, 0.717) is 12.6 Å². The molecule has 0 aromatic heterocycles. The first-order chi connectivity index (χ1) is 7.60. The highest BCUT2D eigenvalue weighted by molar-refractivity contribution is 5.79. The van der Waals surface area contributed by atoms with Gasteiger partial charge in [0.2, 0.25) is 5.91 Å². The SMILES string of the molecule is CCC1CN(C)CCCN1C(=O)C(C)CN. The molecular weight excluding hydrogens is 202 g/mol. The minimum atomic E-state index is -0.0440. The molecule has 94 valence electrons. The molecule has 1 heterocycles. The summed E-state index contributed by atoms with van der Waals surface area (Å²) in [7, 11) is 2.13. The van der Waals surface area contributed by atoms with Gasteiger partial charge >= 0.3 is 0 Å². The van der Waals surface area contributed by atoms with E-state index in [0.717, 1.165) is 32.5 Å². The summed E-state index contributed by atoms with van der Waals surface area (Å²) in [4.78, 5) is 16.5. The van der Waals surface area contributed by atoms with Crippen molar-refractivity contribution >= 4 is 5.91 Å². The van der Waals surface area contributed by atoms with Crippen molar-refractivity contribution in [2.45, 2.75) is 32.7 Å². The lowest BCUT2D eigenvalue weighted by molar-refractivity contribution is -0.137. The predicted molar refractivity (Wildman–Crippen MR) is 66.1 cm³/mol. The normalized spacial score (nSPS) is 25.2. The quantitative estimate of drug-likeness (QED) is 0.765. The number of hydrogen-bond acceptors (Lipinski definition) is 3. The second-order valence-corrected chi connectivity index (χ2v) is 4.85. The fraction of sp³-hybridized carbons (Fsp3) is 0.917. The van der Waals surface area contributed by atoms with Gasteiger partial charge in [-0.15, -0.1) is 0 Å². The van der Waals surface area contributed by atoms with Crippen molar-refractivity contribution < 1.29 is 4.79 Å². The molecule has 0 radical (unpaired) electrons. The van der Waals surface area contributed by atoms with Gasteiger partial charge in [-0.3, -0.25) is 4.79 Å². The molecule has 1 amide bonds. The van der Waals surface area contributed by atoms with Gasteiger partial charge in [-0.1, -0.05) is 13.8 Å². The van der Waals surface area contributed by atoms with Crippen LogP contribution < -0.4 is 5.73 Å². The van der Waals surface area contributed by atoms with Gasteiger partial charge in [0.25, 0.3) is 0 Å². The Morgan fingerprint density at radius 2 is 2.19 bits per heavy atom. The van der Waals surface area contributed by atoms with E-state index in [9.17, 15) is 4.79 Å². The van der Waals surface area contributed by atoms with Gasteiger partial charge in [0.1, 0.15) is 0 Å². The van der Waals surface area contributed by atoms with Crippen LogP contribution in [0.15, 0.2) is 0 Å². The number of carbonyl (C=O) groups excluding carboxylic acids is 1. The molecule has 0 aromatic carbocycles. The topological polar surface area (TPSA) is 49.6 Å². The van der Waals surface area contributed by atoms with Gasteiger partial charge < -0.3 is 15.5 Å². The molecule has 4 heteroatoms. The number of likely N-dealkylation sites (N-methyl/N-ethyl adjacent to an activating group) is 1. The summed E-state index contributed by atoms with van der Waals surface area (Å²) in [6, 6.07) is 0.356. The zero-order chi connectivity index (χ0) is 12.1. The van der Waals surface area contributed by atoms with Crippen LogP contribution in [0.5, 0.6) is 0 Å². The van der Waals surface area contributed by atoms with Crippen LogP contribution in [0.4, 0.5) is 0 Å². The van der Waals surface area contributed by atoms with Crippen LogP contribution in [0.1, 0.15) is 26.7 Å². The maximum Gasteiger partial charge on any atom is 0.226 e. The van der Waals surface area contributed by atoms with E-state index in [4.69, 9.17) is 5.73 Å². The lowest BCUT2D eigenvalue weighted by atomic mass is 10.1. The maximum atomic E-state index is 12.2. The van der Waals surface area contributed by atoms with E-state index in [1.54, 1.807) is 0 Å². The number of carbonyl (C=O) groups is 1. The molecule has 1 saturated heterocycles. The number of rotatable bonds is 3. The standard InChI is InChI=1S/C12H25N3O/c1-4-11-9-14(3)6-5-7-15(11)12(16)10(2)8-13/h10-11H,4-9,13H2,1-3H3. The van der Waals surface area contributed by atoms with Crippen LogP contribution in [-0.2, 0) is 4.79 Å². The first-order valence-corrected chi connectivity index (χ1v) is 6.29. The molecule has 1 fully saturated rings. The Balaban J connectivity index is 2.71. The molecule has 4 nitrogen and oxygen atoms in total. The summed E-state index contributed by atoms with van der Waals surface area (Å²) in [6.45, 7) is 7.46. The Hall–Kier alpha value is -0.610. The van der Waals surface area contributed by atoms with Crippen LogP contribution in [0.3, 0.4) is 0 Å². The fourth-order valence-corrected chi connectivity index (χ4v) is 2.27. The van der Waals surface area contributed by atoms with E-state index in [2.05, 4.69) is 18.9 Å². The number of nitrogens with zero attached hydrogens (tertiary/aromatic N) is 2. The highest BCUT2D eigenvalue weighted by atomic mass is 16.2. The van der Waals surface area contributed by atoms with E-state index in [-0.39, 0.29) is 11.8 Å². The summed E-state index contributed by atoms with van der Waals surface area (Å²) in [6.07, 6.45) is 2.09. The van der Waals surface area contributed by atoms with Gasteiger partial charge in [0.05, 0.1) is 0 Å². The minimum absolute atomic E-state index is 0.0440. The van der Waals surface area contributed by atoms with Crippen molar-refractivity contribution in [1.29, 1.82) is 0 Å². The van der Waals surface area contributed by atoms with Crippen LogP contribution in [0.25, 0.3) is 0 Å². The fourth-order valence-electron chi connectivity index (χ4n) is 2.27. The van der Waals surface area contributed by atoms with Crippen LogP contribution in [-0.4, -0.2) is 55.0 Å². The van der Waals surface area contributed by atoms with Crippen LogP contribution in [0.2, 0.25) is 0 Å². The van der Waals surface area contributed by atoms with Gasteiger partial charge in [0.15, 0.2) is 0 Å². The average Bonchev–Trinajstić information content (AvgIpc) is 2.48. The Morgan fingerprint density at radius 3 is 2.75 bits per heavy atom. The van der Waals surface area contributed by atoms with Crippen molar-refractivity contribution in [1.82, 2.24) is 9.80 Å². The largest absolute Gasteiger partial charge is 0.338 e. The van der Waals surface area contributed by atoms with Crippen molar-refractivity contribution in [3.05, 3.63) is 0 Å². The van der Waals surface area contributed by atoms with Crippen LogP contribution >= 0.6 is 0 Å². The molecule has 0 aromatic rings. The lowest BCUT2D eigenvalue weighted by Gasteiger charge is -2.32. The highest BCUT2D eigenvalue weighted by Gasteiger charge is 2.28. The summed E-state index contributed by atoms with van der Waals surface area (Å²) < 4.78 is 0. The monoisotopic (exact) mass is 227 g/mol. The van der Waals surface area contributed by atoms with E-state index < -0.39 is 0 Å². The van der Waals surface area contributed by atoms with Gasteiger partial charge in [-0.2, -0.15) is 0 Å². The third-order valence-corrected chi connectivity index (χ3v) is 3.43. The first kappa shape index (κ1) is 13.5. The Bertz CT molecular complexity index is 232. The second kappa shape index (κ2) is 6.21. The smallest absolute Gasteiger partial charge is 0.226 e. The third-order valence-electron chi connectivity index (χ3n) is 3.43. The number of hydrogen-bond donors (Lipinski definition) is 1. The maximum absolute atomic E-state index is 12.2. The molecule has 1 aliphatic heterocycles. The first-order valence-electron chi connectivity index (χ1n) is 6.29. The van der Waals surface area contributed by atoms with E-state index in [1.165, 1.54) is 0 Å². The summed E-state index contributed by atoms with van der Waals surface area (Å²) in [5.74, 6) is 0.183. The lowest BCUT2D eigenvalue weighted by Crippen LogP contribution is -2.46. The summed E-state index contributed by atoms with van der Waals surface area (Å²) in [5.41, 5.74) is 5.57. The predicted octanol–water partition coefficient (Wildman–Crippen LogP) is 0.524. The van der Waals surface area contributed by atoms with Crippen molar-refractivity contribution in [3.8, 4) is 0 Å². The number of amides is 1. The van der Waals surface area contributed by atoms with Gasteiger partial charge in [0, 0.05) is 31.6 Å². The van der Waals surface area contributed by atoms with Gasteiger partial charge in [-0.05, 0) is 26.4 Å². The number of nitrogens with two attached hydrogens (primary N) is 1. The summed E-state index contributed by atoms with van der Waals surface area (Å²) in [5, 5.41) is 0. The molecule has 2 unspecified atom stereocenters.